The molecule has 0 aliphatic carbocycles. The van der Waals surface area contributed by atoms with Crippen LogP contribution in [0.1, 0.15) is 29.5 Å². The third-order valence-electron chi connectivity index (χ3n) is 5.79. The zero-order chi connectivity index (χ0) is 22.7. The maximum absolute atomic E-state index is 12.9. The van der Waals surface area contributed by atoms with E-state index in [1.165, 1.54) is 5.56 Å². The molecule has 7 heteroatoms. The van der Waals surface area contributed by atoms with Crippen molar-refractivity contribution in [2.75, 3.05) is 25.6 Å². The van der Waals surface area contributed by atoms with Gasteiger partial charge in [0.25, 0.3) is 5.56 Å². The lowest BCUT2D eigenvalue weighted by molar-refractivity contribution is 0.0904. The molecule has 2 N–H and O–H groups in total. The van der Waals surface area contributed by atoms with Crippen LogP contribution < -0.4 is 15.6 Å². The van der Waals surface area contributed by atoms with Crippen molar-refractivity contribution in [1.82, 2.24) is 9.88 Å². The second-order valence-corrected chi connectivity index (χ2v) is 8.73. The van der Waals surface area contributed by atoms with Gasteiger partial charge in [0.2, 0.25) is 0 Å². The topological polar surface area (TPSA) is 66.6 Å². The minimum Gasteiger partial charge on any atom is -0.497 e. The molecule has 1 saturated heterocycles. The van der Waals surface area contributed by atoms with E-state index in [4.69, 9.17) is 21.7 Å². The lowest BCUT2D eigenvalue weighted by Crippen LogP contribution is -2.40. The van der Waals surface area contributed by atoms with Gasteiger partial charge in [0.15, 0.2) is 5.11 Å². The molecule has 1 atom stereocenters. The number of methoxy groups -OCH3 is 1. The van der Waals surface area contributed by atoms with Crippen LogP contribution in [0.3, 0.4) is 0 Å². The van der Waals surface area contributed by atoms with Crippen LogP contribution in [-0.2, 0) is 11.3 Å². The number of ether oxygens (including phenoxy) is 2. The normalized spacial score (nSPS) is 15.7. The number of hydrogen-bond donors (Lipinski definition) is 2. The molecule has 1 aromatic heterocycles. The van der Waals surface area contributed by atoms with Gasteiger partial charge in [0.1, 0.15) is 5.75 Å². The Bertz CT molecular complexity index is 1180. The SMILES string of the molecule is COc1cccc(NC(=S)N(Cc2cc3cc(C)cc(C)c3[nH]c2=O)CC2CCCO2)c1. The van der Waals surface area contributed by atoms with Gasteiger partial charge in [-0.2, -0.15) is 0 Å². The number of rotatable bonds is 6. The van der Waals surface area contributed by atoms with Crippen molar-refractivity contribution in [1.29, 1.82) is 0 Å². The van der Waals surface area contributed by atoms with Crippen LogP contribution in [0.4, 0.5) is 5.69 Å². The van der Waals surface area contributed by atoms with Gasteiger partial charge < -0.3 is 24.7 Å². The molecular formula is C25H29N3O3S. The smallest absolute Gasteiger partial charge is 0.253 e. The Morgan fingerprint density at radius 1 is 1.28 bits per heavy atom. The molecule has 0 spiro atoms. The number of benzene rings is 2. The fourth-order valence-electron chi connectivity index (χ4n) is 4.21. The van der Waals surface area contributed by atoms with E-state index in [9.17, 15) is 4.79 Å². The molecular weight excluding hydrogens is 422 g/mol. The molecule has 0 radical (unpaired) electrons. The van der Waals surface area contributed by atoms with E-state index < -0.39 is 0 Å². The molecule has 0 amide bonds. The average Bonchev–Trinajstić information content (AvgIpc) is 3.27. The van der Waals surface area contributed by atoms with E-state index in [0.29, 0.717) is 23.8 Å². The van der Waals surface area contributed by atoms with Crippen molar-refractivity contribution < 1.29 is 9.47 Å². The first-order valence-corrected chi connectivity index (χ1v) is 11.3. The summed E-state index contributed by atoms with van der Waals surface area (Å²) in [5.41, 5.74) is 4.54. The predicted molar refractivity (Wildman–Crippen MR) is 133 cm³/mol. The van der Waals surface area contributed by atoms with E-state index >= 15 is 0 Å². The predicted octanol–water partition coefficient (Wildman–Crippen LogP) is 4.53. The third kappa shape index (κ3) is 5.11. The summed E-state index contributed by atoms with van der Waals surface area (Å²) >= 11 is 5.76. The number of hydrogen-bond acceptors (Lipinski definition) is 4. The van der Waals surface area contributed by atoms with Gasteiger partial charge in [-0.3, -0.25) is 4.79 Å². The minimum absolute atomic E-state index is 0.0917. The van der Waals surface area contributed by atoms with Gasteiger partial charge in [-0.25, -0.2) is 0 Å². The number of H-pyrrole nitrogens is 1. The number of aromatic amines is 1. The maximum Gasteiger partial charge on any atom is 0.253 e. The Morgan fingerprint density at radius 3 is 2.88 bits per heavy atom. The van der Waals surface area contributed by atoms with Crippen LogP contribution >= 0.6 is 12.2 Å². The zero-order valence-corrected chi connectivity index (χ0v) is 19.6. The Labute approximate surface area is 193 Å². The highest BCUT2D eigenvalue weighted by molar-refractivity contribution is 7.80. The van der Waals surface area contributed by atoms with Crippen molar-refractivity contribution in [3.8, 4) is 5.75 Å². The van der Waals surface area contributed by atoms with Gasteiger partial charge in [-0.15, -0.1) is 0 Å². The first kappa shape index (κ1) is 22.3. The molecule has 1 aliphatic heterocycles. The molecule has 1 aliphatic rings. The van der Waals surface area contributed by atoms with E-state index in [1.54, 1.807) is 7.11 Å². The molecule has 2 aromatic carbocycles. The number of anilines is 1. The molecule has 0 bridgehead atoms. The summed E-state index contributed by atoms with van der Waals surface area (Å²) in [7, 11) is 1.64. The molecule has 6 nitrogen and oxygen atoms in total. The molecule has 168 valence electrons. The largest absolute Gasteiger partial charge is 0.497 e. The number of aromatic nitrogens is 1. The monoisotopic (exact) mass is 451 g/mol. The summed E-state index contributed by atoms with van der Waals surface area (Å²) < 4.78 is 11.2. The molecule has 0 saturated carbocycles. The molecule has 3 aromatic rings. The van der Waals surface area contributed by atoms with Crippen LogP contribution in [0.15, 0.2) is 47.3 Å². The van der Waals surface area contributed by atoms with Gasteiger partial charge in [-0.05, 0) is 74.1 Å². The number of pyridine rings is 1. The Balaban J connectivity index is 1.62. The highest BCUT2D eigenvalue weighted by Gasteiger charge is 2.22. The standard InChI is InChI=1S/C25H29N3O3S/c1-16-10-17(2)23-18(11-16)12-19(24(29)27-23)14-28(15-22-8-5-9-31-22)25(32)26-20-6-4-7-21(13-20)30-3/h4,6-7,10-13,22H,5,8-9,14-15H2,1-3H3,(H,26,32)(H,27,29). The second kappa shape index (κ2) is 9.71. The van der Waals surface area contributed by atoms with Crippen molar-refractivity contribution in [3.63, 3.8) is 0 Å². The maximum atomic E-state index is 12.9. The van der Waals surface area contributed by atoms with Crippen LogP contribution in [0, 0.1) is 13.8 Å². The third-order valence-corrected chi connectivity index (χ3v) is 6.15. The Kier molecular flexibility index (Phi) is 6.77. The summed E-state index contributed by atoms with van der Waals surface area (Å²) in [6.45, 7) is 5.87. The van der Waals surface area contributed by atoms with Crippen molar-refractivity contribution in [3.05, 3.63) is 69.5 Å². The Morgan fingerprint density at radius 2 is 2.12 bits per heavy atom. The molecule has 32 heavy (non-hydrogen) atoms. The molecule has 1 fully saturated rings. The quantitative estimate of drug-likeness (QED) is 0.537. The van der Waals surface area contributed by atoms with Gasteiger partial charge in [-0.1, -0.05) is 17.7 Å². The number of thiocarbonyl (C=S) groups is 1. The van der Waals surface area contributed by atoms with E-state index in [2.05, 4.69) is 29.4 Å². The fourth-order valence-corrected chi connectivity index (χ4v) is 4.47. The first-order valence-electron chi connectivity index (χ1n) is 10.9. The van der Waals surface area contributed by atoms with Crippen LogP contribution in [0.25, 0.3) is 10.9 Å². The van der Waals surface area contributed by atoms with E-state index in [-0.39, 0.29) is 11.7 Å². The van der Waals surface area contributed by atoms with Crippen molar-refractivity contribution in [2.24, 2.45) is 0 Å². The highest BCUT2D eigenvalue weighted by atomic mass is 32.1. The Hall–Kier alpha value is -2.90. The lowest BCUT2D eigenvalue weighted by atomic mass is 10.1. The van der Waals surface area contributed by atoms with Crippen molar-refractivity contribution >= 4 is 33.9 Å². The highest BCUT2D eigenvalue weighted by Crippen LogP contribution is 2.21. The fraction of sp³-hybridized carbons (Fsp3) is 0.360. The molecule has 4 rings (SSSR count). The summed E-state index contributed by atoms with van der Waals surface area (Å²) in [6.07, 6.45) is 2.14. The number of nitrogens with zero attached hydrogens (tertiary/aromatic N) is 1. The number of fused-ring (bicyclic) bond motifs is 1. The number of aryl methyl sites for hydroxylation is 2. The van der Waals surface area contributed by atoms with Gasteiger partial charge >= 0.3 is 0 Å². The first-order chi connectivity index (χ1) is 15.4. The van der Waals surface area contributed by atoms with Gasteiger partial charge in [0.05, 0.1) is 25.3 Å². The zero-order valence-electron chi connectivity index (χ0n) is 18.7. The number of nitrogens with one attached hydrogen (secondary N) is 2. The summed E-state index contributed by atoms with van der Waals surface area (Å²) in [6, 6.07) is 13.8. The van der Waals surface area contributed by atoms with Gasteiger partial charge in [0, 0.05) is 30.5 Å². The average molecular weight is 452 g/mol. The van der Waals surface area contributed by atoms with Crippen LogP contribution in [0.5, 0.6) is 5.75 Å². The molecule has 2 heterocycles. The second-order valence-electron chi connectivity index (χ2n) is 8.35. The summed E-state index contributed by atoms with van der Waals surface area (Å²) in [4.78, 5) is 18.0. The van der Waals surface area contributed by atoms with Crippen LogP contribution in [0.2, 0.25) is 0 Å². The van der Waals surface area contributed by atoms with E-state index in [1.807, 2.05) is 42.2 Å². The lowest BCUT2D eigenvalue weighted by Gasteiger charge is -2.28. The van der Waals surface area contributed by atoms with E-state index in [0.717, 1.165) is 47.4 Å². The van der Waals surface area contributed by atoms with Crippen molar-refractivity contribution in [2.45, 2.75) is 39.3 Å². The molecule has 1 unspecified atom stereocenters. The minimum atomic E-state index is -0.0917. The summed E-state index contributed by atoms with van der Waals surface area (Å²) in [5.74, 6) is 0.750. The summed E-state index contributed by atoms with van der Waals surface area (Å²) in [5, 5.41) is 4.87. The van der Waals surface area contributed by atoms with Crippen LogP contribution in [-0.4, -0.2) is 41.4 Å².